The van der Waals surface area contributed by atoms with Gasteiger partial charge in [0.1, 0.15) is 11.6 Å². The predicted molar refractivity (Wildman–Crippen MR) is 114 cm³/mol. The molecule has 7 nitrogen and oxygen atoms in total. The molecule has 1 aromatic carbocycles. The molecule has 8 heteroatoms. The number of amides is 1. The molecule has 1 atom stereocenters. The van der Waals surface area contributed by atoms with E-state index < -0.39 is 5.60 Å². The van der Waals surface area contributed by atoms with Crippen LogP contribution in [0.5, 0.6) is 0 Å². The van der Waals surface area contributed by atoms with E-state index in [1.807, 2.05) is 9.80 Å². The van der Waals surface area contributed by atoms with Gasteiger partial charge in [0.05, 0.1) is 25.3 Å². The summed E-state index contributed by atoms with van der Waals surface area (Å²) in [6.45, 7) is 4.29. The van der Waals surface area contributed by atoms with Crippen molar-refractivity contribution in [3.05, 3.63) is 60.2 Å². The Labute approximate surface area is 179 Å². The highest BCUT2D eigenvalue weighted by atomic mass is 19.1. The van der Waals surface area contributed by atoms with Crippen LogP contribution in [0.2, 0.25) is 0 Å². The summed E-state index contributed by atoms with van der Waals surface area (Å²) in [6, 6.07) is 11.5. The van der Waals surface area contributed by atoms with E-state index in [4.69, 9.17) is 4.74 Å². The van der Waals surface area contributed by atoms with Crippen molar-refractivity contribution in [2.45, 2.75) is 18.2 Å². The predicted octanol–water partition coefficient (Wildman–Crippen LogP) is 2.61. The van der Waals surface area contributed by atoms with Crippen LogP contribution in [-0.4, -0.2) is 69.8 Å². The largest absolute Gasteiger partial charge is 0.437 e. The summed E-state index contributed by atoms with van der Waals surface area (Å²) in [4.78, 5) is 23.1. The van der Waals surface area contributed by atoms with Crippen LogP contribution in [0.1, 0.15) is 5.56 Å². The second-order valence-electron chi connectivity index (χ2n) is 8.85. The highest BCUT2D eigenvalue weighted by Gasteiger charge is 2.62. The number of halogens is 1. The van der Waals surface area contributed by atoms with Gasteiger partial charge in [-0.05, 0) is 23.8 Å². The van der Waals surface area contributed by atoms with Crippen molar-refractivity contribution in [2.75, 3.05) is 37.6 Å². The fraction of sp³-hybridized carbons (Fsp3) is 0.391. The molecule has 3 aliphatic heterocycles. The maximum Gasteiger partial charge on any atom is 0.411 e. The zero-order valence-electron chi connectivity index (χ0n) is 17.4. The normalized spacial score (nSPS) is 22.6. The Morgan fingerprint density at radius 2 is 2.03 bits per heavy atom. The maximum absolute atomic E-state index is 13.2. The van der Waals surface area contributed by atoms with Crippen LogP contribution >= 0.6 is 0 Å². The Kier molecular flexibility index (Phi) is 4.02. The van der Waals surface area contributed by atoms with Gasteiger partial charge in [0.25, 0.3) is 0 Å². The molecule has 160 valence electrons. The lowest BCUT2D eigenvalue weighted by Crippen LogP contribution is -2.71. The number of hydrogen-bond donors (Lipinski definition) is 0. The fourth-order valence-corrected chi connectivity index (χ4v) is 5.34. The van der Waals surface area contributed by atoms with Gasteiger partial charge >= 0.3 is 6.09 Å². The number of carbonyl (C=O) groups excluding carboxylic acids is 1. The number of pyridine rings is 1. The van der Waals surface area contributed by atoms with Crippen LogP contribution in [0.25, 0.3) is 10.9 Å². The molecule has 31 heavy (non-hydrogen) atoms. The lowest BCUT2D eigenvalue weighted by Gasteiger charge is -2.51. The smallest absolute Gasteiger partial charge is 0.411 e. The molecular formula is C23H24FN5O2. The summed E-state index contributed by atoms with van der Waals surface area (Å²) in [5, 5.41) is 1.28. The number of anilines is 1. The fourth-order valence-electron chi connectivity index (χ4n) is 5.34. The number of carbonyl (C=O) groups is 1. The molecule has 3 fully saturated rings. The van der Waals surface area contributed by atoms with Crippen molar-refractivity contribution in [1.29, 1.82) is 0 Å². The van der Waals surface area contributed by atoms with Gasteiger partial charge in [0.15, 0.2) is 5.60 Å². The van der Waals surface area contributed by atoms with Crippen LogP contribution in [0, 0.1) is 5.82 Å². The van der Waals surface area contributed by atoms with Crippen molar-refractivity contribution < 1.29 is 13.9 Å². The maximum atomic E-state index is 13.2. The van der Waals surface area contributed by atoms with Crippen molar-refractivity contribution in [1.82, 2.24) is 19.4 Å². The molecule has 5 heterocycles. The molecule has 3 aliphatic rings. The molecule has 3 saturated heterocycles. The number of hydrogen-bond acceptors (Lipinski definition) is 5. The molecule has 1 amide bonds. The first-order valence-corrected chi connectivity index (χ1v) is 10.6. The quantitative estimate of drug-likeness (QED) is 0.651. The molecule has 2 aromatic heterocycles. The SMILES string of the molecule is Cn1cc(CN2CCN3C(=O)OC4(CN(c5ccc(F)cn5)C4)C3C2)c2ccccc21. The minimum atomic E-state index is -0.523. The lowest BCUT2D eigenvalue weighted by molar-refractivity contribution is -0.00989. The summed E-state index contributed by atoms with van der Waals surface area (Å²) in [7, 11) is 2.08. The molecule has 3 aromatic rings. The lowest BCUT2D eigenvalue weighted by atomic mass is 9.84. The molecular weight excluding hydrogens is 397 g/mol. The van der Waals surface area contributed by atoms with E-state index in [-0.39, 0.29) is 18.0 Å². The Hall–Kier alpha value is -3.13. The van der Waals surface area contributed by atoms with Crippen molar-refractivity contribution >= 4 is 22.8 Å². The molecule has 0 radical (unpaired) electrons. The Morgan fingerprint density at radius 3 is 2.84 bits per heavy atom. The number of para-hydroxylation sites is 1. The highest BCUT2D eigenvalue weighted by Crippen LogP contribution is 2.41. The molecule has 0 N–H and O–H groups in total. The third kappa shape index (κ3) is 2.89. The highest BCUT2D eigenvalue weighted by molar-refractivity contribution is 5.83. The summed E-state index contributed by atoms with van der Waals surface area (Å²) in [5.74, 6) is 0.360. The van der Waals surface area contributed by atoms with Crippen molar-refractivity contribution in [3.63, 3.8) is 0 Å². The Bertz CT molecular complexity index is 1150. The molecule has 1 unspecified atom stereocenters. The van der Waals surface area contributed by atoms with E-state index in [1.54, 1.807) is 6.07 Å². The summed E-state index contributed by atoms with van der Waals surface area (Å²) >= 11 is 0. The van der Waals surface area contributed by atoms with Gasteiger partial charge in [-0.1, -0.05) is 18.2 Å². The number of benzene rings is 1. The minimum Gasteiger partial charge on any atom is -0.437 e. The van der Waals surface area contributed by atoms with Gasteiger partial charge in [0, 0.05) is 50.3 Å². The van der Waals surface area contributed by atoms with Crippen LogP contribution in [0.4, 0.5) is 15.0 Å². The van der Waals surface area contributed by atoms with Gasteiger partial charge in [0.2, 0.25) is 0 Å². The zero-order valence-corrected chi connectivity index (χ0v) is 17.4. The van der Waals surface area contributed by atoms with Crippen LogP contribution in [0.3, 0.4) is 0 Å². The zero-order chi connectivity index (χ0) is 21.2. The van der Waals surface area contributed by atoms with E-state index >= 15 is 0 Å². The number of aryl methyl sites for hydroxylation is 1. The molecule has 0 bridgehead atoms. The third-order valence-corrected chi connectivity index (χ3v) is 6.92. The van der Waals surface area contributed by atoms with E-state index in [0.717, 1.165) is 19.6 Å². The Balaban J connectivity index is 1.20. The van der Waals surface area contributed by atoms with E-state index in [2.05, 4.69) is 52.0 Å². The number of rotatable bonds is 3. The monoisotopic (exact) mass is 421 g/mol. The first-order chi connectivity index (χ1) is 15.0. The van der Waals surface area contributed by atoms with Crippen molar-refractivity contribution in [3.8, 4) is 0 Å². The second kappa shape index (κ2) is 6.68. The summed E-state index contributed by atoms with van der Waals surface area (Å²) in [6.07, 6.45) is 3.20. The van der Waals surface area contributed by atoms with Gasteiger partial charge in [-0.15, -0.1) is 0 Å². The minimum absolute atomic E-state index is 0.0143. The molecule has 0 saturated carbocycles. The molecule has 1 spiro atoms. The standard InChI is InChI=1S/C23H24FN5O2/c1-26-11-16(18-4-2-3-5-19(18)26)12-27-8-9-29-20(13-27)23(31-22(29)30)14-28(15-23)21-7-6-17(24)10-25-21/h2-7,10-11,20H,8-9,12-15H2,1H3. The summed E-state index contributed by atoms with van der Waals surface area (Å²) < 4.78 is 21.3. The first-order valence-electron chi connectivity index (χ1n) is 10.6. The first kappa shape index (κ1) is 18.6. The number of piperazine rings is 1. The Morgan fingerprint density at radius 1 is 1.19 bits per heavy atom. The van der Waals surface area contributed by atoms with Crippen LogP contribution in [0.15, 0.2) is 48.8 Å². The number of fused-ring (bicyclic) bond motifs is 3. The van der Waals surface area contributed by atoms with E-state index in [0.29, 0.717) is 25.5 Å². The van der Waals surface area contributed by atoms with Crippen LogP contribution in [-0.2, 0) is 18.3 Å². The summed E-state index contributed by atoms with van der Waals surface area (Å²) in [5.41, 5.74) is 2.01. The number of aromatic nitrogens is 2. The molecule has 6 rings (SSSR count). The van der Waals surface area contributed by atoms with Crippen LogP contribution < -0.4 is 4.90 Å². The average molecular weight is 421 g/mol. The van der Waals surface area contributed by atoms with E-state index in [1.165, 1.54) is 28.7 Å². The third-order valence-electron chi connectivity index (χ3n) is 6.92. The number of nitrogens with zero attached hydrogens (tertiary/aromatic N) is 5. The van der Waals surface area contributed by atoms with Gasteiger partial charge in [-0.3, -0.25) is 9.80 Å². The average Bonchev–Trinajstić information content (AvgIpc) is 3.22. The van der Waals surface area contributed by atoms with Gasteiger partial charge < -0.3 is 14.2 Å². The number of ether oxygens (including phenoxy) is 1. The van der Waals surface area contributed by atoms with E-state index in [9.17, 15) is 9.18 Å². The molecule has 0 aliphatic carbocycles. The topological polar surface area (TPSA) is 53.8 Å². The van der Waals surface area contributed by atoms with Crippen molar-refractivity contribution in [2.24, 2.45) is 7.05 Å². The van der Waals surface area contributed by atoms with Gasteiger partial charge in [-0.2, -0.15) is 0 Å². The second-order valence-corrected chi connectivity index (χ2v) is 8.85. The van der Waals surface area contributed by atoms with Gasteiger partial charge in [-0.25, -0.2) is 14.2 Å².